The molecular weight excluding hydrogens is 432 g/mol. The number of amides is 3. The van der Waals surface area contributed by atoms with Crippen molar-refractivity contribution in [1.82, 2.24) is 9.80 Å². The second kappa shape index (κ2) is 9.61. The molecule has 0 unspecified atom stereocenters. The Morgan fingerprint density at radius 1 is 1.12 bits per heavy atom. The molecule has 2 aliphatic rings. The minimum atomic E-state index is -1.08. The lowest BCUT2D eigenvalue weighted by Gasteiger charge is -2.29. The van der Waals surface area contributed by atoms with Crippen molar-refractivity contribution in [2.75, 3.05) is 19.7 Å². The molecule has 1 aliphatic carbocycles. The number of carbonyl (C=O) groups is 3. The maximum atomic E-state index is 13.7. The van der Waals surface area contributed by atoms with Crippen LogP contribution in [0.2, 0.25) is 5.02 Å². The highest BCUT2D eigenvalue weighted by Crippen LogP contribution is 2.32. The summed E-state index contributed by atoms with van der Waals surface area (Å²) in [7, 11) is 0. The maximum absolute atomic E-state index is 13.7. The highest BCUT2D eigenvalue weighted by molar-refractivity contribution is 6.30. The average molecular weight is 457 g/mol. The number of rotatable bonds is 8. The molecule has 0 radical (unpaired) electrons. The zero-order valence-electron chi connectivity index (χ0n) is 17.5. The van der Waals surface area contributed by atoms with E-state index < -0.39 is 30.1 Å². The molecule has 8 heteroatoms. The third-order valence-electron chi connectivity index (χ3n) is 5.93. The van der Waals surface area contributed by atoms with Crippen LogP contribution in [-0.4, -0.2) is 58.7 Å². The van der Waals surface area contributed by atoms with Gasteiger partial charge in [0.2, 0.25) is 5.91 Å². The quantitative estimate of drug-likeness (QED) is 0.636. The molecule has 32 heavy (non-hydrogen) atoms. The van der Waals surface area contributed by atoms with Crippen LogP contribution in [0.1, 0.15) is 29.9 Å². The van der Waals surface area contributed by atoms with E-state index in [0.717, 1.165) is 23.3 Å². The lowest BCUT2D eigenvalue weighted by molar-refractivity contribution is -0.131. The van der Waals surface area contributed by atoms with E-state index in [-0.39, 0.29) is 13.2 Å². The Labute approximate surface area is 191 Å². The van der Waals surface area contributed by atoms with Crippen molar-refractivity contribution in [3.8, 4) is 0 Å². The number of carboxylic acid groups (broad SMARTS) is 1. The molecule has 0 bridgehead atoms. The van der Waals surface area contributed by atoms with Crippen LogP contribution in [0.5, 0.6) is 0 Å². The third kappa shape index (κ3) is 5.22. The number of cyclic esters (lactones) is 1. The average Bonchev–Trinajstić information content (AvgIpc) is 3.53. The van der Waals surface area contributed by atoms with Gasteiger partial charge in [0.15, 0.2) is 0 Å². The van der Waals surface area contributed by atoms with Gasteiger partial charge in [-0.25, -0.2) is 14.5 Å². The van der Waals surface area contributed by atoms with E-state index >= 15 is 0 Å². The summed E-state index contributed by atoms with van der Waals surface area (Å²) in [5.41, 5.74) is 1.59. The minimum absolute atomic E-state index is 0.0336. The van der Waals surface area contributed by atoms with Crippen LogP contribution >= 0.6 is 11.6 Å². The molecule has 2 aromatic carbocycles. The van der Waals surface area contributed by atoms with Crippen molar-refractivity contribution < 1.29 is 24.2 Å². The fourth-order valence-electron chi connectivity index (χ4n) is 4.02. The Bertz CT molecular complexity index is 978. The minimum Gasteiger partial charge on any atom is -0.465 e. The van der Waals surface area contributed by atoms with Crippen molar-refractivity contribution in [3.63, 3.8) is 0 Å². The molecule has 0 aromatic heterocycles. The lowest BCUT2D eigenvalue weighted by atomic mass is 9.95. The van der Waals surface area contributed by atoms with Crippen LogP contribution in [0, 0.1) is 5.92 Å². The number of imide groups is 1. The number of hydrogen-bond donors (Lipinski definition) is 1. The molecule has 1 saturated heterocycles. The first-order valence-corrected chi connectivity index (χ1v) is 11.1. The van der Waals surface area contributed by atoms with E-state index in [4.69, 9.17) is 16.3 Å². The molecule has 168 valence electrons. The molecular formula is C24H25ClN2O5. The van der Waals surface area contributed by atoms with Gasteiger partial charge >= 0.3 is 12.2 Å². The molecule has 0 spiro atoms. The fraction of sp³-hybridized carbons (Fsp3) is 0.375. The van der Waals surface area contributed by atoms with Gasteiger partial charge in [0, 0.05) is 18.1 Å². The Morgan fingerprint density at radius 3 is 2.44 bits per heavy atom. The highest BCUT2D eigenvalue weighted by atomic mass is 35.5. The molecule has 3 amide bonds. The summed E-state index contributed by atoms with van der Waals surface area (Å²) in [6.45, 7) is 0.455. The second-order valence-corrected chi connectivity index (χ2v) is 8.80. The van der Waals surface area contributed by atoms with Gasteiger partial charge in [0.1, 0.15) is 6.61 Å². The van der Waals surface area contributed by atoms with Crippen molar-refractivity contribution in [1.29, 1.82) is 0 Å². The molecule has 1 N–H and O–H groups in total. The molecule has 2 aromatic rings. The second-order valence-electron chi connectivity index (χ2n) is 8.36. The summed E-state index contributed by atoms with van der Waals surface area (Å²) < 4.78 is 5.22. The SMILES string of the molecule is O=C(O)N(CC1CC1)C[C@H](C(=O)N1C(=O)OC[C@H]1Cc1ccccc1)c1ccc(Cl)cc1. The van der Waals surface area contributed by atoms with Gasteiger partial charge in [0.25, 0.3) is 0 Å². The molecule has 4 rings (SSSR count). The normalized spacial score (nSPS) is 18.8. The number of ether oxygens (including phenoxy) is 1. The van der Waals surface area contributed by atoms with Crippen molar-refractivity contribution in [2.24, 2.45) is 5.92 Å². The molecule has 1 aliphatic heterocycles. The molecule has 1 saturated carbocycles. The smallest absolute Gasteiger partial charge is 0.417 e. The zero-order valence-corrected chi connectivity index (χ0v) is 18.3. The van der Waals surface area contributed by atoms with Gasteiger partial charge in [-0.3, -0.25) is 4.79 Å². The molecule has 1 heterocycles. The van der Waals surface area contributed by atoms with Gasteiger partial charge in [-0.2, -0.15) is 0 Å². The highest BCUT2D eigenvalue weighted by Gasteiger charge is 2.42. The van der Waals surface area contributed by atoms with Gasteiger partial charge < -0.3 is 14.7 Å². The number of carbonyl (C=O) groups excluding carboxylic acids is 2. The Morgan fingerprint density at radius 2 is 1.81 bits per heavy atom. The summed E-state index contributed by atoms with van der Waals surface area (Å²) in [5, 5.41) is 10.2. The predicted octanol–water partition coefficient (Wildman–Crippen LogP) is 4.40. The van der Waals surface area contributed by atoms with Crippen LogP contribution < -0.4 is 0 Å². The van der Waals surface area contributed by atoms with Crippen LogP contribution in [0.25, 0.3) is 0 Å². The fourth-order valence-corrected chi connectivity index (χ4v) is 4.15. The number of nitrogens with zero attached hydrogens (tertiary/aromatic N) is 2. The van der Waals surface area contributed by atoms with E-state index in [9.17, 15) is 19.5 Å². The van der Waals surface area contributed by atoms with E-state index in [1.54, 1.807) is 24.3 Å². The number of hydrogen-bond acceptors (Lipinski definition) is 4. The lowest BCUT2D eigenvalue weighted by Crippen LogP contribution is -2.46. The van der Waals surface area contributed by atoms with Gasteiger partial charge in [-0.1, -0.05) is 54.1 Å². The summed E-state index contributed by atoms with van der Waals surface area (Å²) >= 11 is 6.02. The van der Waals surface area contributed by atoms with E-state index in [1.165, 1.54) is 4.90 Å². The Hall–Kier alpha value is -3.06. The summed E-state index contributed by atoms with van der Waals surface area (Å²) in [6.07, 6.45) is 0.672. The third-order valence-corrected chi connectivity index (χ3v) is 6.18. The molecule has 2 fully saturated rings. The van der Waals surface area contributed by atoms with Crippen LogP contribution in [0.4, 0.5) is 9.59 Å². The summed E-state index contributed by atoms with van der Waals surface area (Å²) in [4.78, 5) is 40.5. The largest absolute Gasteiger partial charge is 0.465 e. The first-order valence-electron chi connectivity index (χ1n) is 10.7. The Balaban J connectivity index is 1.60. The van der Waals surface area contributed by atoms with E-state index in [0.29, 0.717) is 29.5 Å². The number of halogens is 1. The first-order chi connectivity index (χ1) is 15.4. The van der Waals surface area contributed by atoms with E-state index in [2.05, 4.69) is 0 Å². The maximum Gasteiger partial charge on any atom is 0.417 e. The monoisotopic (exact) mass is 456 g/mol. The van der Waals surface area contributed by atoms with Gasteiger partial charge in [0.05, 0.1) is 12.0 Å². The molecule has 2 atom stereocenters. The predicted molar refractivity (Wildman–Crippen MR) is 119 cm³/mol. The van der Waals surface area contributed by atoms with Crippen molar-refractivity contribution >= 4 is 29.7 Å². The standard InChI is InChI=1S/C24H25ClN2O5/c25-19-10-8-18(9-11-19)21(14-26(23(29)30)13-17-6-7-17)22(28)27-20(15-32-24(27)31)12-16-4-2-1-3-5-16/h1-5,8-11,17,20-21H,6-7,12-15H2,(H,29,30)/t20-,21+/m1/s1. The van der Waals surface area contributed by atoms with Gasteiger partial charge in [-0.05, 0) is 48.4 Å². The van der Waals surface area contributed by atoms with Crippen LogP contribution in [-0.2, 0) is 16.0 Å². The zero-order chi connectivity index (χ0) is 22.7. The van der Waals surface area contributed by atoms with Crippen LogP contribution in [0.15, 0.2) is 54.6 Å². The molecule has 7 nitrogen and oxygen atoms in total. The van der Waals surface area contributed by atoms with Crippen LogP contribution in [0.3, 0.4) is 0 Å². The topological polar surface area (TPSA) is 87.2 Å². The summed E-state index contributed by atoms with van der Waals surface area (Å²) in [6, 6.07) is 15.9. The van der Waals surface area contributed by atoms with E-state index in [1.807, 2.05) is 30.3 Å². The Kier molecular flexibility index (Phi) is 6.65. The number of benzene rings is 2. The van der Waals surface area contributed by atoms with Gasteiger partial charge in [-0.15, -0.1) is 0 Å². The first kappa shape index (κ1) is 22.1. The summed E-state index contributed by atoms with van der Waals surface area (Å²) in [5.74, 6) is -0.974. The van der Waals surface area contributed by atoms with Crippen molar-refractivity contribution in [3.05, 3.63) is 70.7 Å². The van der Waals surface area contributed by atoms with Crippen molar-refractivity contribution in [2.45, 2.75) is 31.2 Å².